The molecule has 1 N–H and O–H groups in total. The summed E-state index contributed by atoms with van der Waals surface area (Å²) in [5.41, 5.74) is 0.931. The van der Waals surface area contributed by atoms with Crippen LogP contribution in [0.25, 0.3) is 0 Å². The number of amides is 1. The summed E-state index contributed by atoms with van der Waals surface area (Å²) in [6.07, 6.45) is -0.533. The maximum atomic E-state index is 11.6. The Kier molecular flexibility index (Phi) is 6.84. The van der Waals surface area contributed by atoms with Crippen molar-refractivity contribution in [1.82, 2.24) is 4.98 Å². The van der Waals surface area contributed by atoms with E-state index in [4.69, 9.17) is 16.3 Å². The highest BCUT2D eigenvalue weighted by atomic mass is 35.5. The highest BCUT2D eigenvalue weighted by Crippen LogP contribution is 2.23. The van der Waals surface area contributed by atoms with Crippen LogP contribution in [-0.4, -0.2) is 16.7 Å². The van der Waals surface area contributed by atoms with Crippen molar-refractivity contribution in [2.45, 2.75) is 54.1 Å². The fourth-order valence-corrected chi connectivity index (χ4v) is 1.47. The number of anilines is 1. The van der Waals surface area contributed by atoms with Crippen LogP contribution in [0.1, 0.15) is 45.9 Å². The number of pyridine rings is 1. The number of nitrogens with one attached hydrogen (secondary N) is 1. The Bertz CT molecular complexity index is 440. The lowest BCUT2D eigenvalue weighted by molar-refractivity contribution is 0.0635. The summed E-state index contributed by atoms with van der Waals surface area (Å²) < 4.78 is 5.14. The lowest BCUT2D eigenvalue weighted by atomic mass is 10.2. The van der Waals surface area contributed by atoms with E-state index >= 15 is 0 Å². The number of halogens is 1. The fourth-order valence-electron chi connectivity index (χ4n) is 1.22. The monoisotopic (exact) mass is 286 g/mol. The number of hydrogen-bond donors (Lipinski definition) is 1. The van der Waals surface area contributed by atoms with Crippen LogP contribution in [0, 0.1) is 13.8 Å². The molecule has 0 aliphatic rings. The van der Waals surface area contributed by atoms with Crippen molar-refractivity contribution in [2.24, 2.45) is 0 Å². The van der Waals surface area contributed by atoms with Crippen LogP contribution in [0.5, 0.6) is 0 Å². The van der Waals surface area contributed by atoms with Crippen LogP contribution in [0.3, 0.4) is 0 Å². The first-order chi connectivity index (χ1) is 8.69. The largest absolute Gasteiger partial charge is 0.444 e. The zero-order chi connectivity index (χ0) is 15.2. The summed E-state index contributed by atoms with van der Waals surface area (Å²) in [6, 6.07) is 1.75. The SMILES string of the molecule is CC.Cc1cc(Cl)c(C)c(NC(=O)OC(C)(C)C)n1. The van der Waals surface area contributed by atoms with Gasteiger partial charge in [-0.25, -0.2) is 9.78 Å². The molecular formula is C14H23ClN2O2. The smallest absolute Gasteiger partial charge is 0.413 e. The zero-order valence-corrected chi connectivity index (χ0v) is 13.5. The summed E-state index contributed by atoms with van der Waals surface area (Å²) in [6.45, 7) is 13.0. The van der Waals surface area contributed by atoms with Gasteiger partial charge in [0.25, 0.3) is 0 Å². The van der Waals surface area contributed by atoms with Crippen molar-refractivity contribution in [1.29, 1.82) is 0 Å². The molecule has 0 atom stereocenters. The van der Waals surface area contributed by atoms with Crippen LogP contribution < -0.4 is 5.32 Å². The number of carbonyl (C=O) groups excluding carboxylic acids is 1. The third-order valence-electron chi connectivity index (χ3n) is 1.96. The van der Waals surface area contributed by atoms with Crippen LogP contribution in [0.2, 0.25) is 5.02 Å². The minimum atomic E-state index is -0.536. The van der Waals surface area contributed by atoms with Crippen molar-refractivity contribution in [3.05, 3.63) is 22.3 Å². The molecule has 4 nitrogen and oxygen atoms in total. The predicted octanol–water partition coefficient (Wildman–Crippen LogP) is 4.73. The van der Waals surface area contributed by atoms with E-state index in [0.29, 0.717) is 10.8 Å². The third kappa shape index (κ3) is 6.43. The van der Waals surface area contributed by atoms with Crippen molar-refractivity contribution in [3.63, 3.8) is 0 Å². The molecule has 1 heterocycles. The molecule has 1 aromatic heterocycles. The molecule has 0 saturated heterocycles. The molecule has 0 bridgehead atoms. The highest BCUT2D eigenvalue weighted by molar-refractivity contribution is 6.31. The van der Waals surface area contributed by atoms with Crippen LogP contribution in [0.4, 0.5) is 10.6 Å². The van der Waals surface area contributed by atoms with Crippen molar-refractivity contribution in [3.8, 4) is 0 Å². The Labute approximate surface area is 120 Å². The molecule has 0 aromatic carbocycles. The van der Waals surface area contributed by atoms with E-state index in [-0.39, 0.29) is 0 Å². The highest BCUT2D eigenvalue weighted by Gasteiger charge is 2.17. The van der Waals surface area contributed by atoms with Gasteiger partial charge in [0.05, 0.1) is 0 Å². The van der Waals surface area contributed by atoms with Crippen LogP contribution in [-0.2, 0) is 4.74 Å². The van der Waals surface area contributed by atoms with Crippen LogP contribution >= 0.6 is 11.6 Å². The molecule has 0 aliphatic heterocycles. The third-order valence-corrected chi connectivity index (χ3v) is 2.35. The number of ether oxygens (including phenoxy) is 1. The maximum absolute atomic E-state index is 11.6. The average Bonchev–Trinajstić information content (AvgIpc) is 2.25. The fraction of sp³-hybridized carbons (Fsp3) is 0.571. The minimum absolute atomic E-state index is 0.434. The Balaban J connectivity index is 0.00000154. The molecule has 0 unspecified atom stereocenters. The lowest BCUT2D eigenvalue weighted by Crippen LogP contribution is -2.27. The minimum Gasteiger partial charge on any atom is -0.444 e. The number of rotatable bonds is 1. The van der Waals surface area contributed by atoms with E-state index < -0.39 is 11.7 Å². The molecule has 0 saturated carbocycles. The molecule has 108 valence electrons. The summed E-state index contributed by atoms with van der Waals surface area (Å²) in [7, 11) is 0. The van der Waals surface area contributed by atoms with Gasteiger partial charge in [0.2, 0.25) is 0 Å². The van der Waals surface area contributed by atoms with E-state index in [2.05, 4.69) is 10.3 Å². The summed E-state index contributed by atoms with van der Waals surface area (Å²) in [5, 5.41) is 3.16. The predicted molar refractivity (Wildman–Crippen MR) is 79.9 cm³/mol. The molecule has 0 fully saturated rings. The van der Waals surface area contributed by atoms with Gasteiger partial charge in [-0.3, -0.25) is 5.32 Å². The number of hydrogen-bond acceptors (Lipinski definition) is 3. The van der Waals surface area contributed by atoms with Crippen LogP contribution in [0.15, 0.2) is 6.07 Å². The number of aromatic nitrogens is 1. The number of carbonyl (C=O) groups is 1. The van der Waals surface area contributed by atoms with Crippen molar-refractivity contribution < 1.29 is 9.53 Å². The topological polar surface area (TPSA) is 51.2 Å². The summed E-state index contributed by atoms with van der Waals surface area (Å²) >= 11 is 6.00. The Hall–Kier alpha value is -1.29. The van der Waals surface area contributed by atoms with E-state index in [1.54, 1.807) is 33.8 Å². The van der Waals surface area contributed by atoms with Gasteiger partial charge in [-0.2, -0.15) is 0 Å². The van der Waals surface area contributed by atoms with E-state index in [9.17, 15) is 4.79 Å². The zero-order valence-electron chi connectivity index (χ0n) is 12.7. The number of nitrogens with zero attached hydrogens (tertiary/aromatic N) is 1. The molecule has 0 radical (unpaired) electrons. The Morgan fingerprint density at radius 1 is 1.32 bits per heavy atom. The second kappa shape index (κ2) is 7.34. The lowest BCUT2D eigenvalue weighted by Gasteiger charge is -2.20. The van der Waals surface area contributed by atoms with Gasteiger partial charge in [-0.1, -0.05) is 25.4 Å². The average molecular weight is 287 g/mol. The summed E-state index contributed by atoms with van der Waals surface area (Å²) in [5.74, 6) is 0.434. The van der Waals surface area contributed by atoms with E-state index in [1.165, 1.54) is 0 Å². The summed E-state index contributed by atoms with van der Waals surface area (Å²) in [4.78, 5) is 15.8. The van der Waals surface area contributed by atoms with Gasteiger partial charge in [-0.05, 0) is 40.7 Å². The molecule has 19 heavy (non-hydrogen) atoms. The molecule has 1 rings (SSSR count). The van der Waals surface area contributed by atoms with Gasteiger partial charge < -0.3 is 4.74 Å². The Morgan fingerprint density at radius 3 is 2.32 bits per heavy atom. The molecule has 5 heteroatoms. The molecular weight excluding hydrogens is 264 g/mol. The van der Waals surface area contributed by atoms with Gasteiger partial charge in [0.1, 0.15) is 11.4 Å². The first-order valence-corrected chi connectivity index (χ1v) is 6.70. The first-order valence-electron chi connectivity index (χ1n) is 6.33. The van der Waals surface area contributed by atoms with Crippen molar-refractivity contribution >= 4 is 23.5 Å². The number of aryl methyl sites for hydroxylation is 1. The second-order valence-corrected chi connectivity index (χ2v) is 5.25. The van der Waals surface area contributed by atoms with Gasteiger partial charge in [0, 0.05) is 16.3 Å². The maximum Gasteiger partial charge on any atom is 0.413 e. The van der Waals surface area contributed by atoms with Gasteiger partial charge in [0.15, 0.2) is 0 Å². The second-order valence-electron chi connectivity index (χ2n) is 4.85. The first kappa shape index (κ1) is 17.7. The standard InChI is InChI=1S/C12H17ClN2O2.C2H6/c1-7-6-9(13)8(2)10(14-7)15-11(16)17-12(3,4)5;1-2/h6H,1-5H3,(H,14,15,16);1-2H3. The molecule has 1 aromatic rings. The van der Waals surface area contributed by atoms with Gasteiger partial charge >= 0.3 is 6.09 Å². The molecule has 1 amide bonds. The van der Waals surface area contributed by atoms with Gasteiger partial charge in [-0.15, -0.1) is 0 Å². The van der Waals surface area contributed by atoms with E-state index in [1.807, 2.05) is 20.8 Å². The Morgan fingerprint density at radius 2 is 1.84 bits per heavy atom. The quantitative estimate of drug-likeness (QED) is 0.812. The molecule has 0 spiro atoms. The normalized spacial score (nSPS) is 10.3. The molecule has 0 aliphatic carbocycles. The van der Waals surface area contributed by atoms with Crippen molar-refractivity contribution in [2.75, 3.05) is 5.32 Å². The van der Waals surface area contributed by atoms with E-state index in [0.717, 1.165) is 11.3 Å².